The highest BCUT2D eigenvalue weighted by Gasteiger charge is 1.99. The molecule has 0 N–H and O–H groups in total. The fraction of sp³-hybridized carbons (Fsp3) is 0.300. The number of hydrogen-bond donors (Lipinski definition) is 0. The lowest BCUT2D eigenvalue weighted by molar-refractivity contribution is -0.105. The molecule has 0 aliphatic rings. The molecule has 2 nitrogen and oxygen atoms in total. The summed E-state index contributed by atoms with van der Waals surface area (Å²) in [5.74, 6) is 1.36. The lowest BCUT2D eigenvalue weighted by Gasteiger charge is -2.05. The number of aryl methyl sites for hydroxylation is 1. The van der Waals surface area contributed by atoms with Crippen molar-refractivity contribution in [2.24, 2.45) is 0 Å². The van der Waals surface area contributed by atoms with Crippen molar-refractivity contribution in [3.63, 3.8) is 0 Å². The van der Waals surface area contributed by atoms with Gasteiger partial charge in [0.05, 0.1) is 12.9 Å². The molecule has 1 rings (SSSR count). The number of hydrogen-bond acceptors (Lipinski definition) is 3. The Kier molecular flexibility index (Phi) is 3.83. The lowest BCUT2D eigenvalue weighted by atomic mass is 10.2. The Morgan fingerprint density at radius 3 is 2.85 bits per heavy atom. The molecule has 13 heavy (non-hydrogen) atoms. The molecule has 0 saturated carbocycles. The highest BCUT2D eigenvalue weighted by Crippen LogP contribution is 2.25. The van der Waals surface area contributed by atoms with Crippen molar-refractivity contribution in [2.45, 2.75) is 11.8 Å². The third-order valence-electron chi connectivity index (χ3n) is 1.69. The Morgan fingerprint density at radius 2 is 2.31 bits per heavy atom. The average molecular weight is 196 g/mol. The zero-order chi connectivity index (χ0) is 9.68. The lowest BCUT2D eigenvalue weighted by Crippen LogP contribution is -1.87. The van der Waals surface area contributed by atoms with Crippen LogP contribution in [0.4, 0.5) is 0 Å². The summed E-state index contributed by atoms with van der Waals surface area (Å²) >= 11 is 1.54. The minimum Gasteiger partial charge on any atom is -0.497 e. The van der Waals surface area contributed by atoms with Crippen molar-refractivity contribution in [3.05, 3.63) is 23.8 Å². The van der Waals surface area contributed by atoms with E-state index in [2.05, 4.69) is 0 Å². The van der Waals surface area contributed by atoms with Gasteiger partial charge in [-0.25, -0.2) is 0 Å². The van der Waals surface area contributed by atoms with Gasteiger partial charge in [-0.15, -0.1) is 11.8 Å². The molecule has 0 unspecified atom stereocenters. The average Bonchev–Trinajstić information content (AvgIpc) is 2.16. The van der Waals surface area contributed by atoms with Gasteiger partial charge in [0.1, 0.15) is 12.0 Å². The van der Waals surface area contributed by atoms with Crippen LogP contribution in [0.2, 0.25) is 0 Å². The minimum absolute atomic E-state index is 0.507. The molecule has 0 bridgehead atoms. The van der Waals surface area contributed by atoms with Crippen molar-refractivity contribution in [1.29, 1.82) is 0 Å². The van der Waals surface area contributed by atoms with E-state index in [1.54, 1.807) is 18.9 Å². The number of carbonyl (C=O) groups is 1. The Hall–Kier alpha value is -0.960. The molecule has 1 aromatic rings. The van der Waals surface area contributed by atoms with E-state index >= 15 is 0 Å². The van der Waals surface area contributed by atoms with Crippen molar-refractivity contribution in [3.8, 4) is 5.75 Å². The van der Waals surface area contributed by atoms with E-state index in [9.17, 15) is 4.79 Å². The summed E-state index contributed by atoms with van der Waals surface area (Å²) in [6.07, 6.45) is 0.911. The maximum atomic E-state index is 10.2. The summed E-state index contributed by atoms with van der Waals surface area (Å²) in [7, 11) is 1.65. The van der Waals surface area contributed by atoms with Crippen LogP contribution in [-0.2, 0) is 4.79 Å². The molecule has 0 spiro atoms. The molecular weight excluding hydrogens is 184 g/mol. The van der Waals surface area contributed by atoms with Gasteiger partial charge >= 0.3 is 0 Å². The second kappa shape index (κ2) is 4.92. The van der Waals surface area contributed by atoms with Crippen LogP contribution in [-0.4, -0.2) is 19.1 Å². The van der Waals surface area contributed by atoms with Crippen LogP contribution in [0.3, 0.4) is 0 Å². The number of ether oxygens (including phenoxy) is 1. The summed E-state index contributed by atoms with van der Waals surface area (Å²) in [6, 6.07) is 5.84. The second-order valence-electron chi connectivity index (χ2n) is 2.61. The largest absolute Gasteiger partial charge is 0.497 e. The van der Waals surface area contributed by atoms with Crippen LogP contribution < -0.4 is 4.74 Å². The number of methoxy groups -OCH3 is 1. The van der Waals surface area contributed by atoms with E-state index in [0.29, 0.717) is 5.75 Å². The molecule has 3 heteroatoms. The SMILES string of the molecule is COc1ccc(SCC=O)c(C)c1. The van der Waals surface area contributed by atoms with Gasteiger partial charge in [-0.1, -0.05) is 0 Å². The molecule has 0 saturated heterocycles. The van der Waals surface area contributed by atoms with E-state index in [1.165, 1.54) is 0 Å². The van der Waals surface area contributed by atoms with Gasteiger partial charge in [-0.2, -0.15) is 0 Å². The predicted octanol–water partition coefficient (Wildman–Crippen LogP) is 2.29. The predicted molar refractivity (Wildman–Crippen MR) is 54.5 cm³/mol. The normalized spacial score (nSPS) is 9.69. The molecule has 0 atom stereocenters. The molecule has 0 fully saturated rings. The molecule has 0 aromatic heterocycles. The van der Waals surface area contributed by atoms with Crippen molar-refractivity contribution in [1.82, 2.24) is 0 Å². The van der Waals surface area contributed by atoms with E-state index in [-0.39, 0.29) is 0 Å². The van der Waals surface area contributed by atoms with Crippen LogP contribution in [0.15, 0.2) is 23.1 Å². The van der Waals surface area contributed by atoms with Gasteiger partial charge in [0, 0.05) is 4.90 Å². The van der Waals surface area contributed by atoms with Gasteiger partial charge in [0.25, 0.3) is 0 Å². The van der Waals surface area contributed by atoms with E-state index in [0.717, 1.165) is 22.5 Å². The van der Waals surface area contributed by atoms with Crippen LogP contribution in [0.25, 0.3) is 0 Å². The summed E-state index contributed by atoms with van der Waals surface area (Å²) in [4.78, 5) is 11.3. The molecule has 1 aromatic carbocycles. The molecule has 0 radical (unpaired) electrons. The molecule has 0 amide bonds. The highest BCUT2D eigenvalue weighted by atomic mass is 32.2. The number of benzene rings is 1. The van der Waals surface area contributed by atoms with Gasteiger partial charge in [-0.3, -0.25) is 0 Å². The van der Waals surface area contributed by atoms with Crippen molar-refractivity contribution in [2.75, 3.05) is 12.9 Å². The van der Waals surface area contributed by atoms with Crippen molar-refractivity contribution < 1.29 is 9.53 Å². The Bertz CT molecular complexity index is 297. The zero-order valence-electron chi connectivity index (χ0n) is 7.74. The topological polar surface area (TPSA) is 26.3 Å². The van der Waals surface area contributed by atoms with E-state index in [4.69, 9.17) is 4.74 Å². The molecular formula is C10H12O2S. The first-order valence-electron chi connectivity index (χ1n) is 3.99. The van der Waals surface area contributed by atoms with Gasteiger partial charge in [0.15, 0.2) is 0 Å². The number of thioether (sulfide) groups is 1. The summed E-state index contributed by atoms with van der Waals surface area (Å²) in [5.41, 5.74) is 1.14. The fourth-order valence-corrected chi connectivity index (χ4v) is 1.73. The first kappa shape index (κ1) is 10.1. The Labute approximate surface area is 82.3 Å². The van der Waals surface area contributed by atoms with Gasteiger partial charge in [0.2, 0.25) is 0 Å². The molecule has 70 valence electrons. The summed E-state index contributed by atoms with van der Waals surface area (Å²) in [5, 5.41) is 0. The van der Waals surface area contributed by atoms with Gasteiger partial charge in [-0.05, 0) is 30.7 Å². The monoisotopic (exact) mass is 196 g/mol. The highest BCUT2D eigenvalue weighted by molar-refractivity contribution is 8.00. The smallest absolute Gasteiger partial charge is 0.130 e. The third-order valence-corrected chi connectivity index (χ3v) is 2.76. The van der Waals surface area contributed by atoms with Crippen LogP contribution in [0.5, 0.6) is 5.75 Å². The minimum atomic E-state index is 0.507. The number of rotatable bonds is 4. The van der Waals surface area contributed by atoms with Gasteiger partial charge < -0.3 is 9.53 Å². The first-order valence-corrected chi connectivity index (χ1v) is 4.97. The first-order chi connectivity index (χ1) is 6.27. The van der Waals surface area contributed by atoms with Crippen LogP contribution in [0, 0.1) is 6.92 Å². The Morgan fingerprint density at radius 1 is 1.54 bits per heavy atom. The van der Waals surface area contributed by atoms with Crippen molar-refractivity contribution >= 4 is 18.0 Å². The second-order valence-corrected chi connectivity index (χ2v) is 3.67. The summed E-state index contributed by atoms with van der Waals surface area (Å²) in [6.45, 7) is 2.01. The molecule has 0 heterocycles. The zero-order valence-corrected chi connectivity index (χ0v) is 8.56. The molecule has 0 aliphatic heterocycles. The van der Waals surface area contributed by atoms with Crippen LogP contribution in [0.1, 0.15) is 5.56 Å². The fourth-order valence-electron chi connectivity index (χ4n) is 1.03. The number of aldehydes is 1. The maximum Gasteiger partial charge on any atom is 0.130 e. The van der Waals surface area contributed by atoms with Crippen LogP contribution >= 0.6 is 11.8 Å². The molecule has 0 aliphatic carbocycles. The van der Waals surface area contributed by atoms with E-state index in [1.807, 2.05) is 25.1 Å². The Balaban J connectivity index is 2.78. The number of carbonyl (C=O) groups excluding carboxylic acids is 1. The standard InChI is InChI=1S/C10H12O2S/c1-8-7-9(12-2)3-4-10(8)13-6-5-11/h3-5,7H,6H2,1-2H3. The quantitative estimate of drug-likeness (QED) is 0.546. The maximum absolute atomic E-state index is 10.2. The third kappa shape index (κ3) is 2.77. The summed E-state index contributed by atoms with van der Waals surface area (Å²) < 4.78 is 5.08. The van der Waals surface area contributed by atoms with E-state index < -0.39 is 0 Å².